The number of aromatic nitrogens is 3. The first-order chi connectivity index (χ1) is 9.17. The molecule has 0 aliphatic carbocycles. The molecule has 0 amide bonds. The predicted molar refractivity (Wildman–Crippen MR) is 65.5 cm³/mol. The molecule has 0 radical (unpaired) electrons. The third-order valence-corrected chi connectivity index (χ3v) is 2.40. The molecule has 98 valence electrons. The summed E-state index contributed by atoms with van der Waals surface area (Å²) >= 11 is 0. The molecule has 7 heteroatoms. The number of pyridine rings is 1. The van der Waals surface area contributed by atoms with Crippen molar-refractivity contribution in [3.8, 4) is 11.4 Å². The Labute approximate surface area is 108 Å². The van der Waals surface area contributed by atoms with Crippen LogP contribution in [0.25, 0.3) is 5.69 Å². The van der Waals surface area contributed by atoms with Crippen LogP contribution in [0.4, 0.5) is 0 Å². The Morgan fingerprint density at radius 3 is 2.74 bits per heavy atom. The number of hydrogen-bond donors (Lipinski definition) is 0. The SMILES string of the molecule is COC(=O)c1nn(-c2cccnc2)cc(OC)c1=O. The summed E-state index contributed by atoms with van der Waals surface area (Å²) in [7, 11) is 2.52. The van der Waals surface area contributed by atoms with E-state index in [4.69, 9.17) is 4.74 Å². The van der Waals surface area contributed by atoms with Crippen molar-refractivity contribution in [3.63, 3.8) is 0 Å². The van der Waals surface area contributed by atoms with E-state index in [0.717, 1.165) is 0 Å². The van der Waals surface area contributed by atoms with Crippen LogP contribution in [0.2, 0.25) is 0 Å². The predicted octanol–water partition coefficient (Wildman–Crippen LogP) is 0.423. The molecular weight excluding hydrogens is 250 g/mol. The normalized spacial score (nSPS) is 10.0. The highest BCUT2D eigenvalue weighted by Crippen LogP contribution is 2.09. The average molecular weight is 261 g/mol. The van der Waals surface area contributed by atoms with Gasteiger partial charge in [-0.05, 0) is 12.1 Å². The Bertz CT molecular complexity index is 652. The number of carbonyl (C=O) groups excluding carboxylic acids is 1. The van der Waals surface area contributed by atoms with Crippen LogP contribution in [0.15, 0.2) is 35.5 Å². The average Bonchev–Trinajstić information content (AvgIpc) is 2.47. The Morgan fingerprint density at radius 1 is 1.37 bits per heavy atom. The summed E-state index contributed by atoms with van der Waals surface area (Å²) in [5.74, 6) is -0.819. The lowest BCUT2D eigenvalue weighted by atomic mass is 10.3. The molecule has 7 nitrogen and oxygen atoms in total. The van der Waals surface area contributed by atoms with Gasteiger partial charge in [-0.15, -0.1) is 0 Å². The molecule has 0 atom stereocenters. The monoisotopic (exact) mass is 261 g/mol. The first kappa shape index (κ1) is 12.7. The van der Waals surface area contributed by atoms with Crippen LogP contribution >= 0.6 is 0 Å². The third-order valence-electron chi connectivity index (χ3n) is 2.40. The van der Waals surface area contributed by atoms with Gasteiger partial charge in [0.1, 0.15) is 0 Å². The first-order valence-corrected chi connectivity index (χ1v) is 5.34. The summed E-state index contributed by atoms with van der Waals surface area (Å²) in [6.45, 7) is 0. The molecule has 0 spiro atoms. The summed E-state index contributed by atoms with van der Waals surface area (Å²) in [4.78, 5) is 27.3. The van der Waals surface area contributed by atoms with Crippen molar-refractivity contribution in [1.29, 1.82) is 0 Å². The van der Waals surface area contributed by atoms with Crippen molar-refractivity contribution in [2.45, 2.75) is 0 Å². The summed E-state index contributed by atoms with van der Waals surface area (Å²) in [5, 5.41) is 3.93. The minimum absolute atomic E-state index is 0.000692. The quantitative estimate of drug-likeness (QED) is 0.745. The lowest BCUT2D eigenvalue weighted by Crippen LogP contribution is -2.23. The van der Waals surface area contributed by atoms with Crippen LogP contribution in [0, 0.1) is 0 Å². The summed E-state index contributed by atoms with van der Waals surface area (Å²) in [6.07, 6.45) is 4.52. The van der Waals surface area contributed by atoms with Gasteiger partial charge in [-0.3, -0.25) is 9.78 Å². The fraction of sp³-hybridized carbons (Fsp3) is 0.167. The molecule has 2 aromatic heterocycles. The molecular formula is C12H11N3O4. The van der Waals surface area contributed by atoms with Gasteiger partial charge >= 0.3 is 5.97 Å². The second-order valence-electron chi connectivity index (χ2n) is 3.52. The van der Waals surface area contributed by atoms with Crippen LogP contribution in [0.3, 0.4) is 0 Å². The molecule has 0 fully saturated rings. The molecule has 2 rings (SSSR count). The third kappa shape index (κ3) is 2.44. The van der Waals surface area contributed by atoms with E-state index in [1.54, 1.807) is 18.3 Å². The molecule has 0 aliphatic heterocycles. The summed E-state index contributed by atoms with van der Waals surface area (Å²) in [5.41, 5.74) is -0.369. The summed E-state index contributed by atoms with van der Waals surface area (Å²) < 4.78 is 10.8. The molecule has 0 bridgehead atoms. The second kappa shape index (κ2) is 5.30. The fourth-order valence-corrected chi connectivity index (χ4v) is 1.47. The number of hydrogen-bond acceptors (Lipinski definition) is 6. The van der Waals surface area contributed by atoms with E-state index < -0.39 is 11.4 Å². The Kier molecular flexibility index (Phi) is 3.56. The van der Waals surface area contributed by atoms with E-state index in [1.165, 1.54) is 31.3 Å². The van der Waals surface area contributed by atoms with E-state index in [-0.39, 0.29) is 11.4 Å². The van der Waals surface area contributed by atoms with Crippen LogP contribution in [0.5, 0.6) is 5.75 Å². The number of nitrogens with zero attached hydrogens (tertiary/aromatic N) is 3. The second-order valence-corrected chi connectivity index (χ2v) is 3.52. The van der Waals surface area contributed by atoms with Crippen LogP contribution in [-0.4, -0.2) is 35.0 Å². The number of rotatable bonds is 3. The van der Waals surface area contributed by atoms with Crippen molar-refractivity contribution < 1.29 is 14.3 Å². The van der Waals surface area contributed by atoms with E-state index in [2.05, 4.69) is 14.8 Å². The number of carbonyl (C=O) groups is 1. The minimum Gasteiger partial charge on any atom is -0.491 e. The molecule has 19 heavy (non-hydrogen) atoms. The number of methoxy groups -OCH3 is 2. The van der Waals surface area contributed by atoms with Gasteiger partial charge in [0, 0.05) is 6.20 Å². The maximum absolute atomic E-state index is 11.9. The Hall–Kier alpha value is -2.70. The number of esters is 1. The first-order valence-electron chi connectivity index (χ1n) is 5.34. The largest absolute Gasteiger partial charge is 0.491 e. The highest BCUT2D eigenvalue weighted by atomic mass is 16.5. The van der Waals surface area contributed by atoms with Gasteiger partial charge in [0.15, 0.2) is 5.75 Å². The Balaban J connectivity index is 2.64. The van der Waals surface area contributed by atoms with Gasteiger partial charge in [0.05, 0.1) is 32.3 Å². The Morgan fingerprint density at radius 2 is 2.16 bits per heavy atom. The van der Waals surface area contributed by atoms with Crippen molar-refractivity contribution in [1.82, 2.24) is 14.8 Å². The van der Waals surface area contributed by atoms with Crippen molar-refractivity contribution >= 4 is 5.97 Å². The maximum atomic E-state index is 11.9. The zero-order valence-electron chi connectivity index (χ0n) is 10.4. The standard InChI is InChI=1S/C12H11N3O4/c1-18-9-7-15(8-4-3-5-13-6-8)14-10(11(9)16)12(17)19-2/h3-7H,1-2H3. The molecule has 0 unspecified atom stereocenters. The number of ether oxygens (including phenoxy) is 2. The smallest absolute Gasteiger partial charge is 0.362 e. The maximum Gasteiger partial charge on any atom is 0.362 e. The molecule has 0 aromatic carbocycles. The molecule has 2 heterocycles. The van der Waals surface area contributed by atoms with E-state index in [9.17, 15) is 9.59 Å². The van der Waals surface area contributed by atoms with E-state index >= 15 is 0 Å². The van der Waals surface area contributed by atoms with Gasteiger partial charge < -0.3 is 9.47 Å². The van der Waals surface area contributed by atoms with Crippen LogP contribution < -0.4 is 10.2 Å². The van der Waals surface area contributed by atoms with Gasteiger partial charge in [-0.2, -0.15) is 5.10 Å². The zero-order chi connectivity index (χ0) is 13.8. The highest BCUT2D eigenvalue weighted by molar-refractivity contribution is 5.87. The molecule has 2 aromatic rings. The van der Waals surface area contributed by atoms with Gasteiger partial charge in [-0.1, -0.05) is 0 Å². The van der Waals surface area contributed by atoms with Crippen molar-refractivity contribution in [2.75, 3.05) is 14.2 Å². The molecule has 0 aliphatic rings. The fourth-order valence-electron chi connectivity index (χ4n) is 1.47. The van der Waals surface area contributed by atoms with Gasteiger partial charge in [0.2, 0.25) is 5.69 Å². The van der Waals surface area contributed by atoms with Gasteiger partial charge in [0.25, 0.3) is 5.43 Å². The molecule has 0 saturated carbocycles. The van der Waals surface area contributed by atoms with Crippen molar-refractivity contribution in [2.24, 2.45) is 0 Å². The zero-order valence-corrected chi connectivity index (χ0v) is 10.4. The van der Waals surface area contributed by atoms with E-state index in [1.807, 2.05) is 0 Å². The van der Waals surface area contributed by atoms with Crippen LogP contribution in [-0.2, 0) is 4.74 Å². The molecule has 0 saturated heterocycles. The van der Waals surface area contributed by atoms with E-state index in [0.29, 0.717) is 5.69 Å². The van der Waals surface area contributed by atoms with Gasteiger partial charge in [-0.25, -0.2) is 9.48 Å². The van der Waals surface area contributed by atoms with Crippen LogP contribution in [0.1, 0.15) is 10.5 Å². The lowest BCUT2D eigenvalue weighted by molar-refractivity contribution is 0.0589. The minimum atomic E-state index is -0.818. The lowest BCUT2D eigenvalue weighted by Gasteiger charge is -2.08. The molecule has 0 N–H and O–H groups in total. The summed E-state index contributed by atoms with van der Waals surface area (Å²) in [6, 6.07) is 3.43. The van der Waals surface area contributed by atoms with Crippen molar-refractivity contribution in [3.05, 3.63) is 46.6 Å². The highest BCUT2D eigenvalue weighted by Gasteiger charge is 2.18. The topological polar surface area (TPSA) is 83.3 Å².